The monoisotopic (exact) mass is 499 g/mol. The smallest absolute Gasteiger partial charge is 0.276 e. The van der Waals surface area contributed by atoms with Crippen molar-refractivity contribution in [3.05, 3.63) is 75.6 Å². The fourth-order valence-corrected chi connectivity index (χ4v) is 4.99. The van der Waals surface area contributed by atoms with Crippen LogP contribution in [0.3, 0.4) is 0 Å². The summed E-state index contributed by atoms with van der Waals surface area (Å²) in [7, 11) is 3.15. The van der Waals surface area contributed by atoms with Crippen molar-refractivity contribution in [2.75, 3.05) is 26.5 Å². The number of thioether (sulfide) groups is 1. The molecule has 0 atom stereocenters. The van der Waals surface area contributed by atoms with Crippen LogP contribution in [0.1, 0.15) is 5.56 Å². The molecule has 2 heterocycles. The number of carbonyl (C=O) groups excluding carboxylic acids is 1. The van der Waals surface area contributed by atoms with Crippen molar-refractivity contribution in [1.29, 1.82) is 0 Å². The first-order valence-electron chi connectivity index (χ1n) is 10.4. The molecule has 0 spiro atoms. The Labute approximate surface area is 203 Å². The Morgan fingerprint density at radius 2 is 1.94 bits per heavy atom. The summed E-state index contributed by atoms with van der Waals surface area (Å²) >= 11 is 2.34. The van der Waals surface area contributed by atoms with Crippen molar-refractivity contribution in [3.63, 3.8) is 0 Å². The molecule has 2 aromatic carbocycles. The molecule has 0 aliphatic carbocycles. The van der Waals surface area contributed by atoms with E-state index in [9.17, 15) is 14.0 Å². The third-order valence-electron chi connectivity index (χ3n) is 5.06. The van der Waals surface area contributed by atoms with E-state index in [0.717, 1.165) is 17.3 Å². The van der Waals surface area contributed by atoms with E-state index < -0.39 is 5.82 Å². The molecule has 0 unspecified atom stereocenters. The summed E-state index contributed by atoms with van der Waals surface area (Å²) in [6.45, 7) is 0.423. The zero-order valence-corrected chi connectivity index (χ0v) is 20.2. The summed E-state index contributed by atoms with van der Waals surface area (Å²) in [5.74, 6) is 0.543. The molecule has 0 saturated carbocycles. The third-order valence-corrected chi connectivity index (χ3v) is 6.89. The number of fused-ring (bicyclic) bond motifs is 1. The van der Waals surface area contributed by atoms with Crippen molar-refractivity contribution in [3.8, 4) is 17.2 Å². The summed E-state index contributed by atoms with van der Waals surface area (Å²) in [6, 6.07) is 13.3. The third kappa shape index (κ3) is 5.07. The van der Waals surface area contributed by atoms with E-state index >= 15 is 0 Å². The SMILES string of the molecule is COc1ccc(CCNC(=O)CSc2nc3ccsc3c(=O)n2-c2ccccc2F)cc1OC. The number of hydrogen-bond acceptors (Lipinski definition) is 7. The average Bonchev–Trinajstić information content (AvgIpc) is 3.32. The Bertz CT molecular complexity index is 1390. The minimum atomic E-state index is -0.538. The van der Waals surface area contributed by atoms with Crippen LogP contribution in [-0.2, 0) is 11.2 Å². The molecule has 0 bridgehead atoms. The van der Waals surface area contributed by atoms with Gasteiger partial charge in [0.15, 0.2) is 16.7 Å². The number of hydrogen-bond donors (Lipinski definition) is 1. The lowest BCUT2D eigenvalue weighted by Gasteiger charge is -2.13. The van der Waals surface area contributed by atoms with Gasteiger partial charge in [0.25, 0.3) is 5.56 Å². The number of aromatic nitrogens is 2. The molecule has 34 heavy (non-hydrogen) atoms. The molecule has 0 aliphatic heterocycles. The standard InChI is InChI=1S/C24H22FN3O4S2/c1-31-19-8-7-15(13-20(19)32-2)9-11-26-21(29)14-34-24-27-17-10-12-33-22(17)23(30)28(24)18-6-4-3-5-16(18)25/h3-8,10,12-13H,9,11,14H2,1-2H3,(H,26,29). The summed E-state index contributed by atoms with van der Waals surface area (Å²) in [6.07, 6.45) is 0.607. The number of carbonyl (C=O) groups is 1. The number of halogens is 1. The van der Waals surface area contributed by atoms with E-state index in [0.29, 0.717) is 34.7 Å². The largest absolute Gasteiger partial charge is 0.493 e. The second-order valence-electron chi connectivity index (χ2n) is 7.20. The van der Waals surface area contributed by atoms with Crippen LogP contribution in [0.25, 0.3) is 15.9 Å². The number of rotatable bonds is 9. The first-order chi connectivity index (χ1) is 16.5. The quantitative estimate of drug-likeness (QED) is 0.276. The number of amides is 1. The molecular weight excluding hydrogens is 477 g/mol. The van der Waals surface area contributed by atoms with Crippen LogP contribution in [0.5, 0.6) is 11.5 Å². The maximum atomic E-state index is 14.5. The first-order valence-corrected chi connectivity index (χ1v) is 12.2. The van der Waals surface area contributed by atoms with Gasteiger partial charge >= 0.3 is 0 Å². The van der Waals surface area contributed by atoms with Crippen LogP contribution in [0.2, 0.25) is 0 Å². The Morgan fingerprint density at radius 1 is 1.15 bits per heavy atom. The lowest BCUT2D eigenvalue weighted by molar-refractivity contribution is -0.118. The number of nitrogens with one attached hydrogen (secondary N) is 1. The van der Waals surface area contributed by atoms with Crippen molar-refractivity contribution in [2.45, 2.75) is 11.6 Å². The Kier molecular flexibility index (Phi) is 7.49. The highest BCUT2D eigenvalue weighted by Gasteiger charge is 2.17. The van der Waals surface area contributed by atoms with E-state index in [1.807, 2.05) is 18.2 Å². The molecular formula is C24H22FN3O4S2. The molecule has 176 valence electrons. The van der Waals surface area contributed by atoms with E-state index in [4.69, 9.17) is 9.47 Å². The number of nitrogens with zero attached hydrogens (tertiary/aromatic N) is 2. The first kappa shape index (κ1) is 23.8. The summed E-state index contributed by atoms with van der Waals surface area (Å²) in [5.41, 5.74) is 1.26. The van der Waals surface area contributed by atoms with Crippen molar-refractivity contribution in [2.24, 2.45) is 0 Å². The lowest BCUT2D eigenvalue weighted by Crippen LogP contribution is -2.28. The topological polar surface area (TPSA) is 82.5 Å². The van der Waals surface area contributed by atoms with Gasteiger partial charge in [0.2, 0.25) is 5.91 Å². The summed E-state index contributed by atoms with van der Waals surface area (Å²) in [4.78, 5) is 30.1. The van der Waals surface area contributed by atoms with E-state index in [-0.39, 0.29) is 28.1 Å². The fraction of sp³-hybridized carbons (Fsp3) is 0.208. The highest BCUT2D eigenvalue weighted by atomic mass is 32.2. The number of thiophene rings is 1. The highest BCUT2D eigenvalue weighted by Crippen LogP contribution is 2.28. The average molecular weight is 500 g/mol. The molecule has 1 N–H and O–H groups in total. The van der Waals surface area contributed by atoms with Gasteiger partial charge in [-0.05, 0) is 47.7 Å². The van der Waals surface area contributed by atoms with Gasteiger partial charge in [0, 0.05) is 6.54 Å². The van der Waals surface area contributed by atoms with Gasteiger partial charge < -0.3 is 14.8 Å². The lowest BCUT2D eigenvalue weighted by atomic mass is 10.1. The van der Waals surface area contributed by atoms with Crippen molar-refractivity contribution < 1.29 is 18.7 Å². The molecule has 7 nitrogen and oxygen atoms in total. The van der Waals surface area contributed by atoms with Gasteiger partial charge in [-0.1, -0.05) is 30.0 Å². The Hall–Kier alpha value is -3.37. The van der Waals surface area contributed by atoms with Gasteiger partial charge in [-0.3, -0.25) is 14.2 Å². The zero-order chi connectivity index (χ0) is 24.1. The predicted octanol–water partition coefficient (Wildman–Crippen LogP) is 4.05. The minimum Gasteiger partial charge on any atom is -0.493 e. The maximum absolute atomic E-state index is 14.5. The number of ether oxygens (including phenoxy) is 2. The van der Waals surface area contributed by atoms with Gasteiger partial charge in [0.1, 0.15) is 10.5 Å². The second-order valence-corrected chi connectivity index (χ2v) is 9.06. The van der Waals surface area contributed by atoms with Crippen LogP contribution in [0.15, 0.2) is 63.9 Å². The molecule has 10 heteroatoms. The van der Waals surface area contributed by atoms with Gasteiger partial charge in [-0.15, -0.1) is 11.3 Å². The zero-order valence-electron chi connectivity index (χ0n) is 18.5. The number of para-hydroxylation sites is 1. The molecule has 4 aromatic rings. The molecule has 4 rings (SSSR count). The maximum Gasteiger partial charge on any atom is 0.276 e. The van der Waals surface area contributed by atoms with Gasteiger partial charge in [0.05, 0.1) is 31.2 Å². The number of methoxy groups -OCH3 is 2. The Balaban J connectivity index is 1.45. The van der Waals surface area contributed by atoms with Crippen molar-refractivity contribution in [1.82, 2.24) is 14.9 Å². The second kappa shape index (κ2) is 10.7. The highest BCUT2D eigenvalue weighted by molar-refractivity contribution is 7.99. The molecule has 2 aromatic heterocycles. The van der Waals surface area contributed by atoms with Crippen LogP contribution >= 0.6 is 23.1 Å². The van der Waals surface area contributed by atoms with E-state index in [1.165, 1.54) is 28.0 Å². The molecule has 0 saturated heterocycles. The van der Waals surface area contributed by atoms with Crippen LogP contribution in [0.4, 0.5) is 4.39 Å². The molecule has 0 radical (unpaired) electrons. The predicted molar refractivity (Wildman–Crippen MR) is 132 cm³/mol. The number of benzene rings is 2. The van der Waals surface area contributed by atoms with Crippen LogP contribution < -0.4 is 20.3 Å². The normalized spacial score (nSPS) is 10.9. The van der Waals surface area contributed by atoms with Crippen LogP contribution in [0, 0.1) is 5.82 Å². The molecule has 0 aliphatic rings. The molecule has 1 amide bonds. The molecule has 0 fully saturated rings. The van der Waals surface area contributed by atoms with Gasteiger partial charge in [-0.25, -0.2) is 9.37 Å². The minimum absolute atomic E-state index is 0.0302. The van der Waals surface area contributed by atoms with Crippen LogP contribution in [-0.4, -0.2) is 42.0 Å². The van der Waals surface area contributed by atoms with Gasteiger partial charge in [-0.2, -0.15) is 0 Å². The van der Waals surface area contributed by atoms with E-state index in [1.54, 1.807) is 37.8 Å². The van der Waals surface area contributed by atoms with E-state index in [2.05, 4.69) is 10.3 Å². The summed E-state index contributed by atoms with van der Waals surface area (Å²) in [5, 5.41) is 4.89. The Morgan fingerprint density at radius 3 is 2.71 bits per heavy atom. The van der Waals surface area contributed by atoms with Crippen molar-refractivity contribution >= 4 is 39.2 Å². The summed E-state index contributed by atoms with van der Waals surface area (Å²) < 4.78 is 26.7. The fourth-order valence-electron chi connectivity index (χ4n) is 3.40.